The number of anilines is 2. The van der Waals surface area contributed by atoms with Crippen LogP contribution in [0.2, 0.25) is 0 Å². The van der Waals surface area contributed by atoms with Crippen molar-refractivity contribution in [1.29, 1.82) is 0 Å². The van der Waals surface area contributed by atoms with Crippen LogP contribution in [0, 0.1) is 5.92 Å². The second kappa shape index (κ2) is 9.39. The Bertz CT molecular complexity index is 825. The smallest absolute Gasteiger partial charge is 0.234 e. The molecule has 0 unspecified atom stereocenters. The van der Waals surface area contributed by atoms with Crippen molar-refractivity contribution in [2.45, 2.75) is 51.5 Å². The first-order valence-electron chi connectivity index (χ1n) is 10.6. The largest absolute Gasteiger partial charge is 0.439 e. The number of para-hydroxylation sites is 1. The topological polar surface area (TPSA) is 62.3 Å². The summed E-state index contributed by atoms with van der Waals surface area (Å²) < 4.78 is 6.01. The summed E-state index contributed by atoms with van der Waals surface area (Å²) in [7, 11) is 0. The van der Waals surface area contributed by atoms with Crippen LogP contribution in [0.15, 0.2) is 36.4 Å². The van der Waals surface area contributed by atoms with E-state index in [4.69, 9.17) is 21.9 Å². The Morgan fingerprint density at radius 2 is 1.90 bits per heavy atom. The number of hydrogen-bond acceptors (Lipinski definition) is 5. The van der Waals surface area contributed by atoms with Crippen molar-refractivity contribution in [3.8, 4) is 11.6 Å². The van der Waals surface area contributed by atoms with Gasteiger partial charge in [-0.2, -0.15) is 9.97 Å². The lowest BCUT2D eigenvalue weighted by Gasteiger charge is -2.32. The Morgan fingerprint density at radius 3 is 2.66 bits per heavy atom. The normalized spacial score (nSPS) is 19.8. The van der Waals surface area contributed by atoms with Gasteiger partial charge < -0.3 is 20.3 Å². The summed E-state index contributed by atoms with van der Waals surface area (Å²) in [6.07, 6.45) is 7.27. The van der Waals surface area contributed by atoms with Crippen LogP contribution in [-0.2, 0) is 0 Å². The molecule has 4 rings (SSSR count). The van der Waals surface area contributed by atoms with Crippen LogP contribution in [0.5, 0.6) is 11.6 Å². The molecule has 2 heterocycles. The number of nitrogens with one attached hydrogen (secondary N) is 2. The van der Waals surface area contributed by atoms with Gasteiger partial charge in [-0.1, -0.05) is 38.0 Å². The number of piperidine rings is 1. The third-order valence-electron chi connectivity index (χ3n) is 5.55. The Labute approximate surface area is 178 Å². The molecule has 29 heavy (non-hydrogen) atoms. The maximum Gasteiger partial charge on any atom is 0.234 e. The highest BCUT2D eigenvalue weighted by Crippen LogP contribution is 2.27. The van der Waals surface area contributed by atoms with E-state index in [0.717, 1.165) is 37.5 Å². The van der Waals surface area contributed by atoms with Gasteiger partial charge in [0.2, 0.25) is 11.8 Å². The summed E-state index contributed by atoms with van der Waals surface area (Å²) in [5.74, 6) is 3.27. The van der Waals surface area contributed by atoms with Crippen molar-refractivity contribution in [3.63, 3.8) is 0 Å². The minimum atomic E-state index is 0.446. The highest BCUT2D eigenvalue weighted by molar-refractivity contribution is 7.80. The average Bonchev–Trinajstić information content (AvgIpc) is 3.21. The molecule has 1 atom stereocenters. The van der Waals surface area contributed by atoms with Gasteiger partial charge in [0.05, 0.1) is 0 Å². The molecule has 1 aromatic heterocycles. The highest BCUT2D eigenvalue weighted by Gasteiger charge is 2.20. The van der Waals surface area contributed by atoms with Gasteiger partial charge in [-0.25, -0.2) is 0 Å². The van der Waals surface area contributed by atoms with E-state index in [1.165, 1.54) is 25.7 Å². The molecule has 1 aliphatic carbocycles. The lowest BCUT2D eigenvalue weighted by molar-refractivity contribution is 0.440. The van der Waals surface area contributed by atoms with Crippen molar-refractivity contribution >= 4 is 29.1 Å². The van der Waals surface area contributed by atoms with Crippen LogP contribution >= 0.6 is 12.2 Å². The van der Waals surface area contributed by atoms with Gasteiger partial charge in [-0.05, 0) is 56.0 Å². The molecular formula is C22H29N5OS. The van der Waals surface area contributed by atoms with Crippen molar-refractivity contribution in [1.82, 2.24) is 15.3 Å². The number of aromatic nitrogens is 2. The van der Waals surface area contributed by atoms with E-state index in [2.05, 4.69) is 27.4 Å². The predicted molar refractivity (Wildman–Crippen MR) is 121 cm³/mol. The molecule has 1 saturated carbocycles. The number of rotatable bonds is 5. The Morgan fingerprint density at radius 1 is 1.10 bits per heavy atom. The summed E-state index contributed by atoms with van der Waals surface area (Å²) in [4.78, 5) is 11.6. The van der Waals surface area contributed by atoms with Crippen LogP contribution in [-0.4, -0.2) is 34.2 Å². The zero-order valence-electron chi connectivity index (χ0n) is 16.9. The number of ether oxygens (including phenoxy) is 1. The van der Waals surface area contributed by atoms with Crippen LogP contribution in [0.4, 0.5) is 11.8 Å². The van der Waals surface area contributed by atoms with E-state index in [0.29, 0.717) is 28.9 Å². The number of nitrogens with zero attached hydrogens (tertiary/aromatic N) is 3. The quantitative estimate of drug-likeness (QED) is 0.689. The Kier molecular flexibility index (Phi) is 6.44. The molecule has 0 bridgehead atoms. The molecule has 1 aromatic carbocycles. The standard InChI is InChI=1S/C22H29N5OS/c1-16-8-7-13-27(15-16)19-14-20(28-18-11-3-2-4-12-18)25-21(24-19)26-22(29)23-17-9-5-6-10-17/h2-4,11-12,14,16-17H,5-10,13,15H2,1H3,(H2,23,24,25,26,29)/t16-/m0/s1. The van der Waals surface area contributed by atoms with Gasteiger partial charge in [0, 0.05) is 25.2 Å². The Balaban J connectivity index is 1.54. The van der Waals surface area contributed by atoms with Gasteiger partial charge in [0.1, 0.15) is 11.6 Å². The maximum absolute atomic E-state index is 6.01. The molecule has 1 aliphatic heterocycles. The van der Waals surface area contributed by atoms with Crippen LogP contribution in [0.25, 0.3) is 0 Å². The summed E-state index contributed by atoms with van der Waals surface area (Å²) in [5, 5.41) is 7.14. The third-order valence-corrected chi connectivity index (χ3v) is 5.77. The fourth-order valence-corrected chi connectivity index (χ4v) is 4.34. The molecule has 0 amide bonds. The van der Waals surface area contributed by atoms with Crippen LogP contribution in [0.3, 0.4) is 0 Å². The van der Waals surface area contributed by atoms with E-state index in [9.17, 15) is 0 Å². The highest BCUT2D eigenvalue weighted by atomic mass is 32.1. The summed E-state index contributed by atoms with van der Waals surface area (Å²) in [5.41, 5.74) is 0. The molecule has 154 valence electrons. The second-order valence-corrected chi connectivity index (χ2v) is 8.48. The van der Waals surface area contributed by atoms with Crippen molar-refractivity contribution < 1.29 is 4.74 Å². The van der Waals surface area contributed by atoms with E-state index >= 15 is 0 Å². The fourth-order valence-electron chi connectivity index (χ4n) is 4.08. The number of hydrogen-bond donors (Lipinski definition) is 2. The van der Waals surface area contributed by atoms with E-state index in [1.54, 1.807) is 0 Å². The first-order chi connectivity index (χ1) is 14.2. The van der Waals surface area contributed by atoms with Crippen LogP contribution < -0.4 is 20.3 Å². The third kappa shape index (κ3) is 5.56. The molecule has 2 N–H and O–H groups in total. The van der Waals surface area contributed by atoms with Crippen molar-refractivity contribution in [2.24, 2.45) is 5.92 Å². The van der Waals surface area contributed by atoms with Crippen molar-refractivity contribution in [2.75, 3.05) is 23.3 Å². The molecule has 2 aromatic rings. The summed E-state index contributed by atoms with van der Waals surface area (Å²) >= 11 is 5.51. The first-order valence-corrected chi connectivity index (χ1v) is 11.0. The van der Waals surface area contributed by atoms with Crippen LogP contribution in [0.1, 0.15) is 45.4 Å². The first kappa shape index (κ1) is 19.9. The number of benzene rings is 1. The van der Waals surface area contributed by atoms with E-state index in [-0.39, 0.29) is 0 Å². The predicted octanol–water partition coefficient (Wildman–Crippen LogP) is 4.73. The minimum absolute atomic E-state index is 0.446. The molecule has 1 saturated heterocycles. The molecular weight excluding hydrogens is 382 g/mol. The fraction of sp³-hybridized carbons (Fsp3) is 0.500. The molecule has 2 fully saturated rings. The maximum atomic E-state index is 6.01. The SMILES string of the molecule is C[C@H]1CCCN(c2cc(Oc3ccccc3)nc(NC(=S)NC3CCCC3)n2)C1. The molecule has 0 spiro atoms. The molecule has 7 heteroatoms. The van der Waals surface area contributed by atoms with E-state index in [1.807, 2.05) is 36.4 Å². The molecule has 0 radical (unpaired) electrons. The monoisotopic (exact) mass is 411 g/mol. The summed E-state index contributed by atoms with van der Waals surface area (Å²) in [6, 6.07) is 12.1. The van der Waals surface area contributed by atoms with Gasteiger partial charge in [-0.15, -0.1) is 0 Å². The number of thiocarbonyl (C=S) groups is 1. The minimum Gasteiger partial charge on any atom is -0.439 e. The van der Waals surface area contributed by atoms with Crippen molar-refractivity contribution in [3.05, 3.63) is 36.4 Å². The Hall–Kier alpha value is -2.41. The van der Waals surface area contributed by atoms with E-state index < -0.39 is 0 Å². The van der Waals surface area contributed by atoms with Gasteiger partial charge in [-0.3, -0.25) is 0 Å². The second-order valence-electron chi connectivity index (χ2n) is 8.08. The molecule has 2 aliphatic rings. The van der Waals surface area contributed by atoms with Gasteiger partial charge >= 0.3 is 0 Å². The van der Waals surface area contributed by atoms with Gasteiger partial charge in [0.25, 0.3) is 0 Å². The zero-order chi connectivity index (χ0) is 20.1. The summed E-state index contributed by atoms with van der Waals surface area (Å²) in [6.45, 7) is 4.27. The molecule has 6 nitrogen and oxygen atoms in total. The van der Waals surface area contributed by atoms with Gasteiger partial charge in [0.15, 0.2) is 5.11 Å². The zero-order valence-corrected chi connectivity index (χ0v) is 17.8. The average molecular weight is 412 g/mol. The lowest BCUT2D eigenvalue weighted by Crippen LogP contribution is -2.37. The lowest BCUT2D eigenvalue weighted by atomic mass is 10.0.